The smallest absolute Gasteiger partial charge is 0.282 e. The van der Waals surface area contributed by atoms with E-state index in [9.17, 15) is 0 Å². The molecule has 0 N–H and O–H groups in total. The molecular formula is C7H15BrO3. The zero-order chi connectivity index (χ0) is 8.74. The summed E-state index contributed by atoms with van der Waals surface area (Å²) in [4.78, 5) is 0. The second kappa shape index (κ2) is 5.94. The highest BCUT2D eigenvalue weighted by atomic mass is 79.9. The van der Waals surface area contributed by atoms with Gasteiger partial charge in [0.1, 0.15) is 0 Å². The average Bonchev–Trinajstić information content (AvgIpc) is 2.08. The standard InChI is InChI=1S/C7H15BrO3/c1-9-7(10-2,11-3)5-4-6-8/h4-6H2,1-3H3. The first kappa shape index (κ1) is 11.4. The van der Waals surface area contributed by atoms with Crippen LogP contribution in [0.1, 0.15) is 12.8 Å². The van der Waals surface area contributed by atoms with Crippen LogP contribution in [-0.4, -0.2) is 32.6 Å². The van der Waals surface area contributed by atoms with Gasteiger partial charge in [-0.05, 0) is 6.42 Å². The Balaban J connectivity index is 3.84. The molecule has 0 unspecified atom stereocenters. The van der Waals surface area contributed by atoms with Crippen LogP contribution >= 0.6 is 15.9 Å². The van der Waals surface area contributed by atoms with Crippen molar-refractivity contribution in [3.05, 3.63) is 0 Å². The molecular weight excluding hydrogens is 212 g/mol. The van der Waals surface area contributed by atoms with Crippen LogP contribution in [0, 0.1) is 0 Å². The quantitative estimate of drug-likeness (QED) is 0.511. The van der Waals surface area contributed by atoms with Gasteiger partial charge in [-0.15, -0.1) is 0 Å². The van der Waals surface area contributed by atoms with Gasteiger partial charge in [0.2, 0.25) is 0 Å². The van der Waals surface area contributed by atoms with Gasteiger partial charge in [0.25, 0.3) is 5.97 Å². The van der Waals surface area contributed by atoms with E-state index >= 15 is 0 Å². The Morgan fingerprint density at radius 3 is 1.82 bits per heavy atom. The molecule has 0 aliphatic rings. The Bertz CT molecular complexity index is 85.4. The van der Waals surface area contributed by atoms with Crippen LogP contribution in [0.4, 0.5) is 0 Å². The summed E-state index contributed by atoms with van der Waals surface area (Å²) >= 11 is 3.32. The molecule has 0 rings (SSSR count). The summed E-state index contributed by atoms with van der Waals surface area (Å²) in [5, 5.41) is 0.921. The lowest BCUT2D eigenvalue weighted by Crippen LogP contribution is -2.35. The Labute approximate surface area is 76.1 Å². The van der Waals surface area contributed by atoms with Gasteiger partial charge < -0.3 is 14.2 Å². The summed E-state index contributed by atoms with van der Waals surface area (Å²) in [5.41, 5.74) is 0. The maximum atomic E-state index is 5.07. The Kier molecular flexibility index (Phi) is 6.14. The van der Waals surface area contributed by atoms with E-state index in [-0.39, 0.29) is 0 Å². The fourth-order valence-corrected chi connectivity index (χ4v) is 1.12. The van der Waals surface area contributed by atoms with Gasteiger partial charge >= 0.3 is 0 Å². The monoisotopic (exact) mass is 226 g/mol. The van der Waals surface area contributed by atoms with Crippen LogP contribution in [-0.2, 0) is 14.2 Å². The minimum atomic E-state index is -0.853. The molecule has 0 heterocycles. The van der Waals surface area contributed by atoms with E-state index < -0.39 is 5.97 Å². The second-order valence-electron chi connectivity index (χ2n) is 2.09. The molecule has 0 aromatic carbocycles. The molecule has 0 aromatic rings. The lowest BCUT2D eigenvalue weighted by Gasteiger charge is -2.28. The van der Waals surface area contributed by atoms with Gasteiger partial charge in [-0.3, -0.25) is 0 Å². The molecule has 0 amide bonds. The summed E-state index contributed by atoms with van der Waals surface area (Å²) in [6.07, 6.45) is 1.68. The zero-order valence-corrected chi connectivity index (χ0v) is 8.81. The van der Waals surface area contributed by atoms with Crippen molar-refractivity contribution in [1.82, 2.24) is 0 Å². The number of methoxy groups -OCH3 is 3. The van der Waals surface area contributed by atoms with Crippen LogP contribution in [0.3, 0.4) is 0 Å². The molecule has 0 radical (unpaired) electrons. The van der Waals surface area contributed by atoms with E-state index in [2.05, 4.69) is 15.9 Å². The van der Waals surface area contributed by atoms with Crippen LogP contribution < -0.4 is 0 Å². The summed E-state index contributed by atoms with van der Waals surface area (Å²) in [5.74, 6) is -0.853. The fraction of sp³-hybridized carbons (Fsp3) is 1.00. The first-order valence-electron chi connectivity index (χ1n) is 3.46. The molecule has 3 nitrogen and oxygen atoms in total. The summed E-state index contributed by atoms with van der Waals surface area (Å²) < 4.78 is 15.2. The summed E-state index contributed by atoms with van der Waals surface area (Å²) in [6, 6.07) is 0. The van der Waals surface area contributed by atoms with Gasteiger partial charge in [0.05, 0.1) is 0 Å². The number of ether oxygens (including phenoxy) is 3. The van der Waals surface area contributed by atoms with Crippen LogP contribution in [0.15, 0.2) is 0 Å². The first-order chi connectivity index (χ1) is 5.24. The fourth-order valence-electron chi connectivity index (χ4n) is 0.840. The lowest BCUT2D eigenvalue weighted by molar-refractivity contribution is -0.354. The summed E-state index contributed by atoms with van der Waals surface area (Å²) in [7, 11) is 4.71. The van der Waals surface area contributed by atoms with Crippen molar-refractivity contribution in [2.75, 3.05) is 26.7 Å². The predicted molar refractivity (Wildman–Crippen MR) is 46.8 cm³/mol. The van der Waals surface area contributed by atoms with E-state index in [0.717, 1.165) is 18.2 Å². The number of halogens is 1. The van der Waals surface area contributed by atoms with Crippen molar-refractivity contribution in [1.29, 1.82) is 0 Å². The van der Waals surface area contributed by atoms with Crippen molar-refractivity contribution in [3.8, 4) is 0 Å². The second-order valence-corrected chi connectivity index (χ2v) is 2.88. The Hall–Kier alpha value is 0.360. The lowest BCUT2D eigenvalue weighted by atomic mass is 10.3. The van der Waals surface area contributed by atoms with Crippen molar-refractivity contribution in [2.24, 2.45) is 0 Å². The van der Waals surface area contributed by atoms with E-state index in [0.29, 0.717) is 0 Å². The predicted octanol–water partition coefficient (Wildman–Crippen LogP) is 1.75. The SMILES string of the molecule is COC(CCCBr)(OC)OC. The molecule has 0 aliphatic heterocycles. The maximum absolute atomic E-state index is 5.07. The summed E-state index contributed by atoms with van der Waals surface area (Å²) in [6.45, 7) is 0. The van der Waals surface area contributed by atoms with Gasteiger partial charge in [0.15, 0.2) is 0 Å². The molecule has 4 heteroatoms. The third-order valence-electron chi connectivity index (χ3n) is 1.55. The molecule has 0 spiro atoms. The first-order valence-corrected chi connectivity index (χ1v) is 4.58. The van der Waals surface area contributed by atoms with Crippen molar-refractivity contribution in [3.63, 3.8) is 0 Å². The number of hydrogen-bond acceptors (Lipinski definition) is 3. The van der Waals surface area contributed by atoms with E-state index in [1.165, 1.54) is 0 Å². The molecule has 0 aromatic heterocycles. The molecule has 0 saturated carbocycles. The van der Waals surface area contributed by atoms with Gasteiger partial charge in [-0.2, -0.15) is 0 Å². The number of hydrogen-bond donors (Lipinski definition) is 0. The maximum Gasteiger partial charge on any atom is 0.282 e. The molecule has 0 saturated heterocycles. The third kappa shape index (κ3) is 3.51. The van der Waals surface area contributed by atoms with Crippen molar-refractivity contribution < 1.29 is 14.2 Å². The van der Waals surface area contributed by atoms with E-state index in [1.807, 2.05) is 0 Å². The minimum Gasteiger partial charge on any atom is -0.331 e. The molecule has 11 heavy (non-hydrogen) atoms. The highest BCUT2D eigenvalue weighted by molar-refractivity contribution is 9.09. The molecule has 0 aliphatic carbocycles. The number of rotatable bonds is 6. The minimum absolute atomic E-state index is 0.724. The Morgan fingerprint density at radius 2 is 1.55 bits per heavy atom. The van der Waals surface area contributed by atoms with Crippen molar-refractivity contribution in [2.45, 2.75) is 18.8 Å². The van der Waals surface area contributed by atoms with E-state index in [4.69, 9.17) is 14.2 Å². The third-order valence-corrected chi connectivity index (χ3v) is 2.11. The largest absolute Gasteiger partial charge is 0.331 e. The Morgan fingerprint density at radius 1 is 1.09 bits per heavy atom. The van der Waals surface area contributed by atoms with Crippen molar-refractivity contribution >= 4 is 15.9 Å². The average molecular weight is 227 g/mol. The highest BCUT2D eigenvalue weighted by Gasteiger charge is 2.28. The van der Waals surface area contributed by atoms with Crippen LogP contribution in [0.25, 0.3) is 0 Å². The molecule has 68 valence electrons. The van der Waals surface area contributed by atoms with Gasteiger partial charge in [-0.25, -0.2) is 0 Å². The topological polar surface area (TPSA) is 27.7 Å². The molecule has 0 fully saturated rings. The number of alkyl halides is 1. The zero-order valence-electron chi connectivity index (χ0n) is 7.22. The normalized spacial score (nSPS) is 12.0. The highest BCUT2D eigenvalue weighted by Crippen LogP contribution is 2.19. The van der Waals surface area contributed by atoms with Crippen LogP contribution in [0.2, 0.25) is 0 Å². The van der Waals surface area contributed by atoms with Crippen LogP contribution in [0.5, 0.6) is 0 Å². The van der Waals surface area contributed by atoms with Gasteiger partial charge in [0, 0.05) is 33.1 Å². The molecule has 0 atom stereocenters. The molecule has 0 bridgehead atoms. The van der Waals surface area contributed by atoms with Gasteiger partial charge in [-0.1, -0.05) is 15.9 Å². The van der Waals surface area contributed by atoms with E-state index in [1.54, 1.807) is 21.3 Å².